The summed E-state index contributed by atoms with van der Waals surface area (Å²) in [4.78, 5) is 27.4. The van der Waals surface area contributed by atoms with Crippen LogP contribution in [0.5, 0.6) is 5.75 Å². The van der Waals surface area contributed by atoms with Gasteiger partial charge in [0.25, 0.3) is 0 Å². The molecular weight excluding hydrogens is 380 g/mol. The highest BCUT2D eigenvalue weighted by atomic mass is 16.5. The molecule has 3 rings (SSSR count). The van der Waals surface area contributed by atoms with Crippen LogP contribution in [0.3, 0.4) is 0 Å². The number of amides is 1. The SMILES string of the molecule is CCOc1ccc(N(CCC#N)C(=O)CCn2c(=O)n(CC)c3ccccc32)cc1. The van der Waals surface area contributed by atoms with Crippen LogP contribution in [-0.2, 0) is 17.9 Å². The van der Waals surface area contributed by atoms with Crippen LogP contribution in [0.15, 0.2) is 53.3 Å². The quantitative estimate of drug-likeness (QED) is 0.544. The van der Waals surface area contributed by atoms with Crippen molar-refractivity contribution in [3.8, 4) is 11.8 Å². The van der Waals surface area contributed by atoms with Gasteiger partial charge in [0, 0.05) is 31.7 Å². The fraction of sp³-hybridized carbons (Fsp3) is 0.348. The van der Waals surface area contributed by atoms with Crippen LogP contribution in [0.2, 0.25) is 0 Å². The fourth-order valence-corrected chi connectivity index (χ4v) is 3.59. The number of nitriles is 1. The largest absolute Gasteiger partial charge is 0.494 e. The van der Waals surface area contributed by atoms with E-state index in [1.54, 1.807) is 14.0 Å². The number of hydrogen-bond acceptors (Lipinski definition) is 4. The lowest BCUT2D eigenvalue weighted by Gasteiger charge is -2.22. The zero-order chi connectivity index (χ0) is 21.5. The van der Waals surface area contributed by atoms with Crippen molar-refractivity contribution >= 4 is 22.6 Å². The first-order chi connectivity index (χ1) is 14.6. The van der Waals surface area contributed by atoms with E-state index in [0.29, 0.717) is 25.4 Å². The summed E-state index contributed by atoms with van der Waals surface area (Å²) in [5, 5.41) is 8.99. The number of ether oxygens (including phenoxy) is 1. The van der Waals surface area contributed by atoms with Crippen LogP contribution in [0.4, 0.5) is 5.69 Å². The molecule has 0 saturated heterocycles. The Bertz CT molecular complexity index is 1110. The number of carbonyl (C=O) groups excluding carboxylic acids is 1. The van der Waals surface area contributed by atoms with Crippen LogP contribution in [-0.4, -0.2) is 28.2 Å². The molecule has 7 heteroatoms. The molecule has 0 atom stereocenters. The highest BCUT2D eigenvalue weighted by Crippen LogP contribution is 2.21. The average molecular weight is 406 g/mol. The summed E-state index contributed by atoms with van der Waals surface area (Å²) in [6.07, 6.45) is 0.393. The Labute approximate surface area is 175 Å². The summed E-state index contributed by atoms with van der Waals surface area (Å²) in [5.74, 6) is 0.600. The molecule has 1 amide bonds. The minimum absolute atomic E-state index is 0.115. The zero-order valence-electron chi connectivity index (χ0n) is 17.4. The fourth-order valence-electron chi connectivity index (χ4n) is 3.59. The Balaban J connectivity index is 1.82. The van der Waals surface area contributed by atoms with Gasteiger partial charge in [-0.25, -0.2) is 4.79 Å². The monoisotopic (exact) mass is 406 g/mol. The van der Waals surface area contributed by atoms with Crippen LogP contribution in [0.1, 0.15) is 26.7 Å². The summed E-state index contributed by atoms with van der Waals surface area (Å²) >= 11 is 0. The molecule has 0 unspecified atom stereocenters. The van der Waals surface area contributed by atoms with Crippen molar-refractivity contribution in [2.24, 2.45) is 0 Å². The number of anilines is 1. The van der Waals surface area contributed by atoms with Crippen molar-refractivity contribution in [3.05, 3.63) is 59.0 Å². The molecule has 0 radical (unpaired) electrons. The van der Waals surface area contributed by atoms with E-state index in [-0.39, 0.29) is 31.0 Å². The number of fused-ring (bicyclic) bond motifs is 1. The Morgan fingerprint density at radius 3 is 2.33 bits per heavy atom. The average Bonchev–Trinajstić information content (AvgIpc) is 3.04. The number of nitrogens with zero attached hydrogens (tertiary/aromatic N) is 4. The molecule has 0 N–H and O–H groups in total. The summed E-state index contributed by atoms with van der Waals surface area (Å²) in [7, 11) is 0. The molecule has 3 aromatic rings. The molecule has 0 spiro atoms. The van der Waals surface area contributed by atoms with Crippen molar-refractivity contribution in [2.45, 2.75) is 39.8 Å². The van der Waals surface area contributed by atoms with Gasteiger partial charge in [-0.05, 0) is 50.2 Å². The Hall–Kier alpha value is -3.53. The summed E-state index contributed by atoms with van der Waals surface area (Å²) in [6, 6.07) is 16.9. The molecule has 0 aliphatic rings. The van der Waals surface area contributed by atoms with Gasteiger partial charge in [-0.2, -0.15) is 5.26 Å². The highest BCUT2D eigenvalue weighted by molar-refractivity contribution is 5.93. The minimum Gasteiger partial charge on any atom is -0.494 e. The Kier molecular flexibility index (Phi) is 6.91. The molecule has 0 fully saturated rings. The van der Waals surface area contributed by atoms with Gasteiger partial charge >= 0.3 is 5.69 Å². The standard InChI is InChI=1S/C23H26N4O3/c1-3-25-20-8-5-6-9-21(20)27(23(25)29)17-14-22(28)26(16-7-15-24)18-10-12-19(13-11-18)30-4-2/h5-6,8-13H,3-4,7,14,16-17H2,1-2H3. The predicted octanol–water partition coefficient (Wildman–Crippen LogP) is 3.56. The predicted molar refractivity (Wildman–Crippen MR) is 117 cm³/mol. The number of imidazole rings is 1. The van der Waals surface area contributed by atoms with E-state index in [9.17, 15) is 9.59 Å². The third-order valence-corrected chi connectivity index (χ3v) is 5.00. The van der Waals surface area contributed by atoms with Gasteiger partial charge in [-0.1, -0.05) is 12.1 Å². The first kappa shape index (κ1) is 21.2. The summed E-state index contributed by atoms with van der Waals surface area (Å²) in [6.45, 7) is 5.56. The number of benzene rings is 2. The van der Waals surface area contributed by atoms with Crippen LogP contribution in [0.25, 0.3) is 11.0 Å². The van der Waals surface area contributed by atoms with E-state index in [1.165, 1.54) is 0 Å². The molecule has 7 nitrogen and oxygen atoms in total. The van der Waals surface area contributed by atoms with E-state index in [2.05, 4.69) is 6.07 Å². The van der Waals surface area contributed by atoms with E-state index in [0.717, 1.165) is 16.8 Å². The number of aromatic nitrogens is 2. The Morgan fingerprint density at radius 1 is 1.07 bits per heavy atom. The molecule has 2 aromatic carbocycles. The van der Waals surface area contributed by atoms with E-state index in [4.69, 9.17) is 10.00 Å². The number of aryl methyl sites for hydroxylation is 2. The normalized spacial score (nSPS) is 10.7. The maximum atomic E-state index is 13.0. The highest BCUT2D eigenvalue weighted by Gasteiger charge is 2.18. The van der Waals surface area contributed by atoms with Gasteiger partial charge in [-0.15, -0.1) is 0 Å². The smallest absolute Gasteiger partial charge is 0.329 e. The minimum atomic E-state index is -0.130. The molecule has 30 heavy (non-hydrogen) atoms. The second-order valence-corrected chi connectivity index (χ2v) is 6.80. The molecule has 1 aromatic heterocycles. The molecule has 1 heterocycles. The molecule has 0 bridgehead atoms. The number of rotatable bonds is 9. The third kappa shape index (κ3) is 4.38. The van der Waals surface area contributed by atoms with Gasteiger partial charge in [0.1, 0.15) is 5.75 Å². The second-order valence-electron chi connectivity index (χ2n) is 6.80. The van der Waals surface area contributed by atoms with E-state index in [1.807, 2.05) is 62.4 Å². The van der Waals surface area contributed by atoms with Gasteiger partial charge in [0.05, 0.1) is 30.1 Å². The van der Waals surface area contributed by atoms with E-state index >= 15 is 0 Å². The molecular formula is C23H26N4O3. The first-order valence-corrected chi connectivity index (χ1v) is 10.2. The number of carbonyl (C=O) groups is 1. The van der Waals surface area contributed by atoms with Gasteiger partial charge < -0.3 is 9.64 Å². The maximum Gasteiger partial charge on any atom is 0.329 e. The molecule has 0 saturated carbocycles. The number of para-hydroxylation sites is 2. The molecule has 0 aliphatic carbocycles. The lowest BCUT2D eigenvalue weighted by molar-refractivity contribution is -0.118. The molecule has 0 aliphatic heterocycles. The van der Waals surface area contributed by atoms with E-state index < -0.39 is 0 Å². The van der Waals surface area contributed by atoms with Crippen LogP contribution >= 0.6 is 0 Å². The second kappa shape index (κ2) is 9.79. The van der Waals surface area contributed by atoms with Gasteiger partial charge in [-0.3, -0.25) is 13.9 Å². The van der Waals surface area contributed by atoms with Crippen molar-refractivity contribution in [2.75, 3.05) is 18.1 Å². The van der Waals surface area contributed by atoms with Gasteiger partial charge in [0.2, 0.25) is 5.91 Å². The maximum absolute atomic E-state index is 13.0. The van der Waals surface area contributed by atoms with Crippen molar-refractivity contribution in [3.63, 3.8) is 0 Å². The van der Waals surface area contributed by atoms with Crippen LogP contribution in [0, 0.1) is 11.3 Å². The lowest BCUT2D eigenvalue weighted by Crippen LogP contribution is -2.33. The third-order valence-electron chi connectivity index (χ3n) is 5.00. The zero-order valence-corrected chi connectivity index (χ0v) is 17.4. The lowest BCUT2D eigenvalue weighted by atomic mass is 10.2. The summed E-state index contributed by atoms with van der Waals surface area (Å²) < 4.78 is 8.82. The summed E-state index contributed by atoms with van der Waals surface area (Å²) in [5.41, 5.74) is 2.28. The van der Waals surface area contributed by atoms with Crippen molar-refractivity contribution in [1.82, 2.24) is 9.13 Å². The number of hydrogen-bond donors (Lipinski definition) is 0. The van der Waals surface area contributed by atoms with Crippen LogP contribution < -0.4 is 15.3 Å². The van der Waals surface area contributed by atoms with Crippen molar-refractivity contribution in [1.29, 1.82) is 5.26 Å². The van der Waals surface area contributed by atoms with Gasteiger partial charge in [0.15, 0.2) is 0 Å². The van der Waals surface area contributed by atoms with Crippen molar-refractivity contribution < 1.29 is 9.53 Å². The molecule has 156 valence electrons. The Morgan fingerprint density at radius 2 is 1.73 bits per heavy atom. The first-order valence-electron chi connectivity index (χ1n) is 10.2. The topological polar surface area (TPSA) is 80.3 Å².